The highest BCUT2D eigenvalue weighted by molar-refractivity contribution is 5.75. The van der Waals surface area contributed by atoms with E-state index in [4.69, 9.17) is 10.5 Å². The van der Waals surface area contributed by atoms with Gasteiger partial charge in [0.1, 0.15) is 5.75 Å². The first-order chi connectivity index (χ1) is 8.86. The summed E-state index contributed by atoms with van der Waals surface area (Å²) in [6.07, 6.45) is -5.87. The summed E-state index contributed by atoms with van der Waals surface area (Å²) in [4.78, 5) is 10.7. The first-order valence-corrected chi connectivity index (χ1v) is 5.61. The molecule has 1 unspecified atom stereocenters. The Kier molecular flexibility index (Phi) is 5.17. The number of nitrogens with two attached hydrogens (primary N) is 1. The van der Waals surface area contributed by atoms with E-state index in [1.165, 1.54) is 6.07 Å². The van der Waals surface area contributed by atoms with E-state index in [9.17, 15) is 18.0 Å². The van der Waals surface area contributed by atoms with Gasteiger partial charge in [0.25, 0.3) is 0 Å². The Hall–Kier alpha value is -1.76. The van der Waals surface area contributed by atoms with Crippen LogP contribution < -0.4 is 10.5 Å². The molecule has 0 aliphatic carbocycles. The molecule has 1 atom stereocenters. The van der Waals surface area contributed by atoms with Gasteiger partial charge >= 0.3 is 12.1 Å². The van der Waals surface area contributed by atoms with Crippen LogP contribution in [0.2, 0.25) is 0 Å². The number of halogens is 3. The molecule has 1 aromatic carbocycles. The van der Waals surface area contributed by atoms with Gasteiger partial charge in [-0.05, 0) is 12.5 Å². The van der Waals surface area contributed by atoms with Crippen molar-refractivity contribution >= 4 is 5.97 Å². The molecule has 0 saturated carbocycles. The van der Waals surface area contributed by atoms with Crippen LogP contribution in [-0.4, -0.2) is 18.8 Å². The normalized spacial score (nSPS) is 12.9. The summed E-state index contributed by atoms with van der Waals surface area (Å²) < 4.78 is 45.7. The predicted octanol–water partition coefficient (Wildman–Crippen LogP) is 2.54. The van der Waals surface area contributed by atoms with Crippen molar-refractivity contribution in [2.24, 2.45) is 5.73 Å². The molecule has 0 aliphatic heterocycles. The van der Waals surface area contributed by atoms with Crippen LogP contribution in [0.25, 0.3) is 0 Å². The average molecular weight is 277 g/mol. The molecule has 0 radical (unpaired) electrons. The Morgan fingerprint density at radius 3 is 2.58 bits per heavy atom. The van der Waals surface area contributed by atoms with Crippen LogP contribution >= 0.6 is 0 Å². The van der Waals surface area contributed by atoms with Crippen LogP contribution in [0.15, 0.2) is 24.3 Å². The molecule has 19 heavy (non-hydrogen) atoms. The molecule has 106 valence electrons. The number of esters is 1. The van der Waals surface area contributed by atoms with E-state index in [1.54, 1.807) is 18.2 Å². The molecular formula is C12H14F3NO3. The number of rotatable bonds is 5. The number of ether oxygens (including phenoxy) is 2. The summed E-state index contributed by atoms with van der Waals surface area (Å²) in [5, 5.41) is 0. The molecule has 2 N–H and O–H groups in total. The van der Waals surface area contributed by atoms with Gasteiger partial charge in [-0.2, -0.15) is 13.2 Å². The smallest absolute Gasteiger partial charge is 0.490 e. The van der Waals surface area contributed by atoms with Crippen LogP contribution in [0.5, 0.6) is 5.75 Å². The Labute approximate surface area is 108 Å². The van der Waals surface area contributed by atoms with Gasteiger partial charge in [-0.3, -0.25) is 5.73 Å². The fourth-order valence-corrected chi connectivity index (χ4v) is 1.30. The zero-order valence-corrected chi connectivity index (χ0v) is 10.2. The summed E-state index contributed by atoms with van der Waals surface area (Å²) in [7, 11) is 0. The van der Waals surface area contributed by atoms with E-state index in [0.29, 0.717) is 12.4 Å². The fourth-order valence-electron chi connectivity index (χ4n) is 1.30. The van der Waals surface area contributed by atoms with E-state index in [1.807, 2.05) is 6.92 Å². The van der Waals surface area contributed by atoms with Crippen molar-refractivity contribution in [3.63, 3.8) is 0 Å². The van der Waals surface area contributed by atoms with E-state index < -0.39 is 18.4 Å². The van der Waals surface area contributed by atoms with Gasteiger partial charge in [0.2, 0.25) is 0 Å². The lowest BCUT2D eigenvalue weighted by atomic mass is 10.2. The fraction of sp³-hybridized carbons (Fsp3) is 0.417. The van der Waals surface area contributed by atoms with Crippen molar-refractivity contribution < 1.29 is 27.4 Å². The molecular weight excluding hydrogens is 263 g/mol. The lowest BCUT2D eigenvalue weighted by Gasteiger charge is -2.17. The zero-order chi connectivity index (χ0) is 14.5. The molecule has 7 heteroatoms. The van der Waals surface area contributed by atoms with Crippen molar-refractivity contribution in [3.8, 4) is 5.75 Å². The maximum Gasteiger partial charge on any atom is 0.490 e. The Morgan fingerprint density at radius 1 is 1.37 bits per heavy atom. The second-order valence-electron chi connectivity index (χ2n) is 3.71. The number of alkyl halides is 3. The SMILES string of the molecule is CCCOc1ccccc1C(N)OC(=O)C(F)(F)F. The topological polar surface area (TPSA) is 61.6 Å². The minimum atomic E-state index is -5.07. The van der Waals surface area contributed by atoms with E-state index in [2.05, 4.69) is 4.74 Å². The van der Waals surface area contributed by atoms with Gasteiger partial charge < -0.3 is 9.47 Å². The minimum absolute atomic E-state index is 0.188. The van der Waals surface area contributed by atoms with Crippen molar-refractivity contribution in [2.75, 3.05) is 6.61 Å². The van der Waals surface area contributed by atoms with Crippen LogP contribution in [-0.2, 0) is 9.53 Å². The van der Waals surface area contributed by atoms with Crippen LogP contribution in [0.3, 0.4) is 0 Å². The largest absolute Gasteiger partial charge is 0.493 e. The first kappa shape index (κ1) is 15.3. The van der Waals surface area contributed by atoms with Gasteiger partial charge in [-0.1, -0.05) is 25.1 Å². The molecule has 0 bridgehead atoms. The van der Waals surface area contributed by atoms with Crippen molar-refractivity contribution in [3.05, 3.63) is 29.8 Å². The van der Waals surface area contributed by atoms with Gasteiger partial charge in [0, 0.05) is 5.56 Å². The highest BCUT2D eigenvalue weighted by Gasteiger charge is 2.42. The lowest BCUT2D eigenvalue weighted by Crippen LogP contribution is -2.30. The van der Waals surface area contributed by atoms with Crippen molar-refractivity contribution in [1.29, 1.82) is 0 Å². The Morgan fingerprint density at radius 2 is 2.00 bits per heavy atom. The monoisotopic (exact) mass is 277 g/mol. The van der Waals surface area contributed by atoms with E-state index >= 15 is 0 Å². The number of para-hydroxylation sites is 1. The molecule has 0 heterocycles. The third-order valence-corrected chi connectivity index (χ3v) is 2.15. The van der Waals surface area contributed by atoms with Crippen LogP contribution in [0, 0.1) is 0 Å². The molecule has 1 aromatic rings. The molecule has 0 fully saturated rings. The molecule has 0 spiro atoms. The average Bonchev–Trinajstić information content (AvgIpc) is 2.35. The molecule has 1 rings (SSSR count). The number of carbonyl (C=O) groups is 1. The van der Waals surface area contributed by atoms with Crippen LogP contribution in [0.1, 0.15) is 25.1 Å². The molecule has 0 saturated heterocycles. The number of hydrogen-bond donors (Lipinski definition) is 1. The Bertz CT molecular complexity index is 434. The number of carbonyl (C=O) groups excluding carboxylic acids is 1. The van der Waals surface area contributed by atoms with E-state index in [-0.39, 0.29) is 5.56 Å². The van der Waals surface area contributed by atoms with Gasteiger partial charge in [0.05, 0.1) is 6.61 Å². The molecule has 0 aliphatic rings. The van der Waals surface area contributed by atoms with Gasteiger partial charge in [-0.25, -0.2) is 4.79 Å². The first-order valence-electron chi connectivity index (χ1n) is 5.61. The van der Waals surface area contributed by atoms with Gasteiger partial charge in [0.15, 0.2) is 6.23 Å². The predicted molar refractivity (Wildman–Crippen MR) is 61.3 cm³/mol. The Balaban J connectivity index is 2.81. The second-order valence-corrected chi connectivity index (χ2v) is 3.71. The molecule has 0 amide bonds. The van der Waals surface area contributed by atoms with Crippen molar-refractivity contribution in [1.82, 2.24) is 0 Å². The summed E-state index contributed by atoms with van der Waals surface area (Å²) in [6.45, 7) is 2.27. The maximum atomic E-state index is 12.1. The number of hydrogen-bond acceptors (Lipinski definition) is 4. The second kappa shape index (κ2) is 6.42. The summed E-state index contributed by atoms with van der Waals surface area (Å²) in [5.41, 5.74) is 5.63. The minimum Gasteiger partial charge on any atom is -0.493 e. The quantitative estimate of drug-likeness (QED) is 0.663. The lowest BCUT2D eigenvalue weighted by molar-refractivity contribution is -0.205. The maximum absolute atomic E-state index is 12.1. The highest BCUT2D eigenvalue weighted by atomic mass is 19.4. The van der Waals surface area contributed by atoms with Crippen molar-refractivity contribution in [2.45, 2.75) is 25.7 Å². The summed E-state index contributed by atoms with van der Waals surface area (Å²) in [6, 6.07) is 6.20. The number of benzene rings is 1. The van der Waals surface area contributed by atoms with E-state index in [0.717, 1.165) is 6.42 Å². The van der Waals surface area contributed by atoms with Gasteiger partial charge in [-0.15, -0.1) is 0 Å². The zero-order valence-electron chi connectivity index (χ0n) is 10.2. The molecule has 4 nitrogen and oxygen atoms in total. The third kappa shape index (κ3) is 4.44. The molecule has 0 aromatic heterocycles. The summed E-state index contributed by atoms with van der Waals surface area (Å²) >= 11 is 0. The summed E-state index contributed by atoms with van der Waals surface area (Å²) in [5.74, 6) is -2.03. The van der Waals surface area contributed by atoms with Crippen LogP contribution in [0.4, 0.5) is 13.2 Å². The third-order valence-electron chi connectivity index (χ3n) is 2.15. The highest BCUT2D eigenvalue weighted by Crippen LogP contribution is 2.27. The standard InChI is InChI=1S/C12H14F3NO3/c1-2-7-18-9-6-4-3-5-8(9)10(16)19-11(17)12(13,14)15/h3-6,10H,2,7,16H2,1H3.